The van der Waals surface area contributed by atoms with Gasteiger partial charge in [-0.25, -0.2) is 0 Å². The lowest BCUT2D eigenvalue weighted by Gasteiger charge is -2.48. The van der Waals surface area contributed by atoms with Crippen molar-refractivity contribution in [2.24, 2.45) is 5.92 Å². The van der Waals surface area contributed by atoms with Gasteiger partial charge in [-0.05, 0) is 30.3 Å². The quantitative estimate of drug-likeness (QED) is 0.755. The molecule has 0 spiro atoms. The van der Waals surface area contributed by atoms with Crippen LogP contribution in [0.25, 0.3) is 0 Å². The zero-order chi connectivity index (χ0) is 18.8. The third-order valence-corrected chi connectivity index (χ3v) is 11.1. The smallest absolute Gasteiger partial charge is 0.192 e. The van der Waals surface area contributed by atoms with Crippen LogP contribution >= 0.6 is 11.8 Å². The third kappa shape index (κ3) is 4.87. The Morgan fingerprint density at radius 2 is 1.80 bits per heavy atom. The largest absolute Gasteiger partial charge is 0.410 e. The number of aliphatic hydroxyl groups excluding tert-OH is 2. The number of ether oxygens (including phenoxy) is 1. The number of hydrogen-bond acceptors (Lipinski definition) is 5. The van der Waals surface area contributed by atoms with Crippen molar-refractivity contribution < 1.29 is 19.4 Å². The van der Waals surface area contributed by atoms with Crippen LogP contribution in [0.3, 0.4) is 0 Å². The van der Waals surface area contributed by atoms with E-state index in [-0.39, 0.29) is 29.1 Å². The van der Waals surface area contributed by atoms with E-state index in [1.807, 2.05) is 37.3 Å². The Morgan fingerprint density at radius 1 is 1.20 bits per heavy atom. The highest BCUT2D eigenvalue weighted by Crippen LogP contribution is 2.43. The third-order valence-electron chi connectivity index (χ3n) is 5.43. The molecule has 5 atom stereocenters. The van der Waals surface area contributed by atoms with E-state index in [0.717, 1.165) is 4.90 Å². The summed E-state index contributed by atoms with van der Waals surface area (Å²) in [5.41, 5.74) is -0.257. The minimum atomic E-state index is -2.02. The predicted molar refractivity (Wildman–Crippen MR) is 105 cm³/mol. The second kappa shape index (κ2) is 8.11. The summed E-state index contributed by atoms with van der Waals surface area (Å²) in [4.78, 5) is 1.09. The first-order valence-electron chi connectivity index (χ1n) is 8.91. The molecule has 5 unspecified atom stereocenters. The van der Waals surface area contributed by atoms with Gasteiger partial charge in [-0.1, -0.05) is 57.7 Å². The van der Waals surface area contributed by atoms with Gasteiger partial charge in [-0.2, -0.15) is 0 Å². The Kier molecular flexibility index (Phi) is 6.79. The summed E-state index contributed by atoms with van der Waals surface area (Å²) < 4.78 is 12.7. The second-order valence-electron chi connectivity index (χ2n) is 8.35. The Bertz CT molecular complexity index is 546. The van der Waals surface area contributed by atoms with E-state index in [2.05, 4.69) is 33.9 Å². The molecule has 2 rings (SSSR count). The van der Waals surface area contributed by atoms with E-state index in [0.29, 0.717) is 0 Å². The summed E-state index contributed by atoms with van der Waals surface area (Å²) in [5, 5.41) is 20.2. The van der Waals surface area contributed by atoms with Crippen molar-refractivity contribution in [3.05, 3.63) is 30.3 Å². The molecule has 0 saturated carbocycles. The Morgan fingerprint density at radius 3 is 2.32 bits per heavy atom. The van der Waals surface area contributed by atoms with Gasteiger partial charge in [-0.3, -0.25) is 0 Å². The molecular formula is C19H32O4SSi. The van der Waals surface area contributed by atoms with Gasteiger partial charge < -0.3 is 19.4 Å². The van der Waals surface area contributed by atoms with Gasteiger partial charge >= 0.3 is 0 Å². The molecule has 25 heavy (non-hydrogen) atoms. The number of hydrogen-bond donors (Lipinski definition) is 2. The topological polar surface area (TPSA) is 58.9 Å². The van der Waals surface area contributed by atoms with Crippen LogP contribution in [0.2, 0.25) is 18.1 Å². The van der Waals surface area contributed by atoms with Gasteiger partial charge in [0.15, 0.2) is 8.32 Å². The molecule has 0 radical (unpaired) electrons. The molecule has 1 aromatic carbocycles. The van der Waals surface area contributed by atoms with Crippen LogP contribution in [-0.4, -0.2) is 48.9 Å². The standard InChI is InChI=1S/C19H32O4SSi/c1-13-16(21)15(12-20)22-18(24-14-10-8-7-9-11-14)17(13)23-25(5,6)19(2,3)4/h7-11,13,15-18,20-21H,12H2,1-6H3. The molecular weight excluding hydrogens is 352 g/mol. The Balaban J connectivity index is 2.27. The first kappa shape index (κ1) is 20.9. The predicted octanol–water partition coefficient (Wildman–Crippen LogP) is 3.88. The van der Waals surface area contributed by atoms with Gasteiger partial charge in [0.1, 0.15) is 11.5 Å². The molecule has 2 N–H and O–H groups in total. The summed E-state index contributed by atoms with van der Waals surface area (Å²) in [6.07, 6.45) is -1.52. The minimum Gasteiger partial charge on any atom is -0.410 e. The van der Waals surface area contributed by atoms with Crippen LogP contribution in [0.5, 0.6) is 0 Å². The molecule has 1 fully saturated rings. The first-order valence-corrected chi connectivity index (χ1v) is 12.7. The van der Waals surface area contributed by atoms with Crippen LogP contribution in [-0.2, 0) is 9.16 Å². The highest BCUT2D eigenvalue weighted by Gasteiger charge is 2.48. The average Bonchev–Trinajstić information content (AvgIpc) is 2.54. The van der Waals surface area contributed by atoms with Crippen LogP contribution in [0.15, 0.2) is 35.2 Å². The van der Waals surface area contributed by atoms with E-state index < -0.39 is 20.5 Å². The van der Waals surface area contributed by atoms with Crippen LogP contribution < -0.4 is 0 Å². The van der Waals surface area contributed by atoms with Crippen LogP contribution in [0.4, 0.5) is 0 Å². The minimum absolute atomic E-state index is 0.0768. The van der Waals surface area contributed by atoms with Crippen molar-refractivity contribution in [3.63, 3.8) is 0 Å². The fraction of sp³-hybridized carbons (Fsp3) is 0.684. The summed E-state index contributed by atoms with van der Waals surface area (Å²) >= 11 is 1.60. The molecule has 6 heteroatoms. The second-order valence-corrected chi connectivity index (χ2v) is 14.3. The number of aliphatic hydroxyl groups is 2. The summed E-state index contributed by atoms with van der Waals surface area (Å²) in [6, 6.07) is 10.1. The monoisotopic (exact) mass is 384 g/mol. The van der Waals surface area contributed by atoms with Gasteiger partial charge in [0.25, 0.3) is 0 Å². The molecule has 1 aromatic rings. The van der Waals surface area contributed by atoms with Gasteiger partial charge in [0.05, 0.1) is 18.8 Å². The zero-order valence-electron chi connectivity index (χ0n) is 16.1. The molecule has 1 aliphatic rings. The highest BCUT2D eigenvalue weighted by molar-refractivity contribution is 7.99. The highest BCUT2D eigenvalue weighted by atomic mass is 32.2. The fourth-order valence-corrected chi connectivity index (χ4v) is 5.36. The van der Waals surface area contributed by atoms with Crippen molar-refractivity contribution in [2.45, 2.75) is 74.5 Å². The van der Waals surface area contributed by atoms with Crippen molar-refractivity contribution in [2.75, 3.05) is 6.61 Å². The molecule has 0 aliphatic carbocycles. The van der Waals surface area contributed by atoms with Crippen molar-refractivity contribution in [3.8, 4) is 0 Å². The molecule has 1 aliphatic heterocycles. The number of rotatable bonds is 5. The first-order chi connectivity index (χ1) is 11.6. The molecule has 1 saturated heterocycles. The summed E-state index contributed by atoms with van der Waals surface area (Å²) in [6.45, 7) is 12.9. The van der Waals surface area contributed by atoms with Crippen molar-refractivity contribution in [1.29, 1.82) is 0 Å². The van der Waals surface area contributed by atoms with Gasteiger partial charge in [-0.15, -0.1) is 0 Å². The lowest BCUT2D eigenvalue weighted by atomic mass is 9.92. The normalized spacial score (nSPS) is 31.1. The van der Waals surface area contributed by atoms with Gasteiger partial charge in [0.2, 0.25) is 0 Å². The number of thioether (sulfide) groups is 1. The van der Waals surface area contributed by atoms with E-state index in [4.69, 9.17) is 9.16 Å². The molecule has 0 bridgehead atoms. The maximum absolute atomic E-state index is 10.5. The zero-order valence-corrected chi connectivity index (χ0v) is 17.9. The van der Waals surface area contributed by atoms with Crippen molar-refractivity contribution >= 4 is 20.1 Å². The Labute approximate surface area is 157 Å². The lowest BCUT2D eigenvalue weighted by molar-refractivity contribution is -0.173. The molecule has 1 heterocycles. The summed E-state index contributed by atoms with van der Waals surface area (Å²) in [7, 11) is -2.02. The summed E-state index contributed by atoms with van der Waals surface area (Å²) in [5.74, 6) is -0.110. The number of benzene rings is 1. The van der Waals surface area contributed by atoms with E-state index >= 15 is 0 Å². The SMILES string of the molecule is CC1C(O)C(CO)OC(Sc2ccccc2)C1O[Si](C)(C)C(C)(C)C. The van der Waals surface area contributed by atoms with E-state index in [1.54, 1.807) is 11.8 Å². The van der Waals surface area contributed by atoms with E-state index in [1.165, 1.54) is 0 Å². The van der Waals surface area contributed by atoms with Crippen LogP contribution in [0, 0.1) is 5.92 Å². The fourth-order valence-electron chi connectivity index (χ4n) is 2.67. The molecule has 0 aromatic heterocycles. The molecule has 0 amide bonds. The maximum atomic E-state index is 10.5. The van der Waals surface area contributed by atoms with Crippen LogP contribution in [0.1, 0.15) is 27.7 Å². The Hall–Kier alpha value is -0.373. The molecule has 4 nitrogen and oxygen atoms in total. The van der Waals surface area contributed by atoms with Gasteiger partial charge in [0, 0.05) is 10.8 Å². The maximum Gasteiger partial charge on any atom is 0.192 e. The van der Waals surface area contributed by atoms with E-state index in [9.17, 15) is 10.2 Å². The lowest BCUT2D eigenvalue weighted by Crippen LogP contribution is -2.58. The average molecular weight is 385 g/mol. The van der Waals surface area contributed by atoms with Crippen molar-refractivity contribution in [1.82, 2.24) is 0 Å². The molecule has 142 valence electrons.